The van der Waals surface area contributed by atoms with Crippen LogP contribution in [-0.4, -0.2) is 0 Å². The van der Waals surface area contributed by atoms with Crippen LogP contribution in [0.4, 0.5) is 8.78 Å². The van der Waals surface area contributed by atoms with Gasteiger partial charge in [-0.1, -0.05) is 63.2 Å². The van der Waals surface area contributed by atoms with Crippen molar-refractivity contribution in [1.29, 1.82) is 0 Å². The van der Waals surface area contributed by atoms with Crippen LogP contribution in [0, 0.1) is 17.7 Å². The summed E-state index contributed by atoms with van der Waals surface area (Å²) in [5.74, 6) is 1.62. The molecule has 0 N–H and O–H groups in total. The summed E-state index contributed by atoms with van der Waals surface area (Å²) in [6.07, 6.45) is 15.9. The molecule has 23 heavy (non-hydrogen) atoms. The van der Waals surface area contributed by atoms with Gasteiger partial charge in [-0.3, -0.25) is 0 Å². The first-order valence-electron chi connectivity index (χ1n) is 9.27. The zero-order valence-corrected chi connectivity index (χ0v) is 14.2. The number of unbranched alkanes of at least 4 members (excludes halogenated alkanes) is 3. The minimum absolute atomic E-state index is 0.144. The maximum atomic E-state index is 12.9. The number of aryl methyl sites for hydroxylation is 1. The molecule has 0 bridgehead atoms. The summed E-state index contributed by atoms with van der Waals surface area (Å²) >= 11 is 0. The maximum absolute atomic E-state index is 12.9. The molecule has 1 saturated carbocycles. The first-order chi connectivity index (χ1) is 11.3. The van der Waals surface area contributed by atoms with E-state index in [1.54, 1.807) is 18.2 Å². The van der Waals surface area contributed by atoms with Gasteiger partial charge in [0.15, 0.2) is 0 Å². The lowest BCUT2D eigenvalue weighted by atomic mass is 9.78. The smallest absolute Gasteiger partial charge is 0.123 e. The van der Waals surface area contributed by atoms with E-state index in [-0.39, 0.29) is 5.82 Å². The standard InChI is InChI=1S/C21H30F2/c22-17-5-3-1-2-4-6-18-7-9-19(10-8-18)11-12-20-13-15-21(23)16-14-20/h5,13-19H,1-4,6-12H2. The molecule has 1 aliphatic carbocycles. The van der Waals surface area contributed by atoms with Crippen molar-refractivity contribution < 1.29 is 8.78 Å². The molecule has 1 fully saturated rings. The third kappa shape index (κ3) is 7.28. The van der Waals surface area contributed by atoms with E-state index < -0.39 is 0 Å². The summed E-state index contributed by atoms with van der Waals surface area (Å²) in [5.41, 5.74) is 1.26. The van der Waals surface area contributed by atoms with E-state index in [0.717, 1.165) is 31.1 Å². The van der Waals surface area contributed by atoms with Crippen molar-refractivity contribution in [2.45, 2.75) is 70.6 Å². The van der Waals surface area contributed by atoms with E-state index >= 15 is 0 Å². The zero-order chi connectivity index (χ0) is 16.3. The molecule has 2 heteroatoms. The van der Waals surface area contributed by atoms with E-state index in [1.165, 1.54) is 56.9 Å². The van der Waals surface area contributed by atoms with Gasteiger partial charge in [-0.25, -0.2) is 8.78 Å². The van der Waals surface area contributed by atoms with E-state index in [1.807, 2.05) is 12.1 Å². The fourth-order valence-electron chi connectivity index (χ4n) is 3.77. The minimum atomic E-state index is -0.144. The van der Waals surface area contributed by atoms with Crippen molar-refractivity contribution in [2.75, 3.05) is 0 Å². The fourth-order valence-corrected chi connectivity index (χ4v) is 3.77. The minimum Gasteiger partial charge on any atom is -0.216 e. The molecule has 0 saturated heterocycles. The summed E-state index contributed by atoms with van der Waals surface area (Å²) in [6.45, 7) is 0. The average Bonchev–Trinajstić information content (AvgIpc) is 2.58. The highest BCUT2D eigenvalue weighted by molar-refractivity contribution is 5.16. The number of allylic oxidation sites excluding steroid dienone is 1. The van der Waals surface area contributed by atoms with Crippen LogP contribution in [0.1, 0.15) is 69.8 Å². The lowest BCUT2D eigenvalue weighted by molar-refractivity contribution is 0.249. The third-order valence-electron chi connectivity index (χ3n) is 5.29. The molecule has 0 unspecified atom stereocenters. The molecule has 0 atom stereocenters. The van der Waals surface area contributed by atoms with Crippen molar-refractivity contribution in [3.8, 4) is 0 Å². The first-order valence-corrected chi connectivity index (χ1v) is 9.27. The van der Waals surface area contributed by atoms with Gasteiger partial charge in [0.1, 0.15) is 5.82 Å². The number of benzene rings is 1. The molecular weight excluding hydrogens is 290 g/mol. The summed E-state index contributed by atoms with van der Waals surface area (Å²) in [7, 11) is 0. The van der Waals surface area contributed by atoms with Crippen LogP contribution in [0.5, 0.6) is 0 Å². The average molecular weight is 320 g/mol. The lowest BCUT2D eigenvalue weighted by Gasteiger charge is -2.28. The predicted molar refractivity (Wildman–Crippen MR) is 93.5 cm³/mol. The quantitative estimate of drug-likeness (QED) is 0.430. The molecule has 0 heterocycles. The van der Waals surface area contributed by atoms with E-state index in [4.69, 9.17) is 0 Å². The Morgan fingerprint density at radius 1 is 0.870 bits per heavy atom. The predicted octanol–water partition coefficient (Wildman–Crippen LogP) is 7.00. The second kappa shape index (κ2) is 10.6. The molecule has 0 aliphatic heterocycles. The summed E-state index contributed by atoms with van der Waals surface area (Å²) in [5, 5.41) is 0. The van der Waals surface area contributed by atoms with Crippen LogP contribution >= 0.6 is 0 Å². The van der Waals surface area contributed by atoms with Crippen molar-refractivity contribution in [2.24, 2.45) is 11.8 Å². The number of halogens is 2. The van der Waals surface area contributed by atoms with Crippen LogP contribution in [0.25, 0.3) is 0 Å². The Hall–Kier alpha value is -1.18. The SMILES string of the molecule is FC=CCCCCCC1CCC(CCc2ccc(F)cc2)CC1. The molecule has 128 valence electrons. The molecule has 1 aromatic carbocycles. The molecule has 1 aliphatic rings. The van der Waals surface area contributed by atoms with Gasteiger partial charge in [0.05, 0.1) is 6.33 Å². The van der Waals surface area contributed by atoms with Gasteiger partial charge in [-0.2, -0.15) is 0 Å². The van der Waals surface area contributed by atoms with Crippen molar-refractivity contribution >= 4 is 0 Å². The van der Waals surface area contributed by atoms with Crippen LogP contribution in [0.15, 0.2) is 36.7 Å². The topological polar surface area (TPSA) is 0 Å². The molecule has 0 nitrogen and oxygen atoms in total. The highest BCUT2D eigenvalue weighted by atomic mass is 19.1. The van der Waals surface area contributed by atoms with Gasteiger partial charge in [0, 0.05) is 0 Å². The number of hydrogen-bond acceptors (Lipinski definition) is 0. The van der Waals surface area contributed by atoms with Crippen molar-refractivity contribution in [3.05, 3.63) is 48.1 Å². The van der Waals surface area contributed by atoms with Gasteiger partial charge in [-0.15, -0.1) is 0 Å². The summed E-state index contributed by atoms with van der Waals surface area (Å²) < 4.78 is 24.7. The Morgan fingerprint density at radius 2 is 1.52 bits per heavy atom. The largest absolute Gasteiger partial charge is 0.216 e. The second-order valence-corrected chi connectivity index (χ2v) is 7.05. The third-order valence-corrected chi connectivity index (χ3v) is 5.29. The Labute approximate surface area is 140 Å². The van der Waals surface area contributed by atoms with Crippen molar-refractivity contribution in [3.63, 3.8) is 0 Å². The first kappa shape index (κ1) is 18.2. The molecule has 2 rings (SSSR count). The molecule has 0 spiro atoms. The normalized spacial score (nSPS) is 21.8. The van der Waals surface area contributed by atoms with Crippen LogP contribution < -0.4 is 0 Å². The van der Waals surface area contributed by atoms with Gasteiger partial charge in [-0.05, 0) is 55.2 Å². The number of hydrogen-bond donors (Lipinski definition) is 0. The highest BCUT2D eigenvalue weighted by Crippen LogP contribution is 2.34. The van der Waals surface area contributed by atoms with E-state index in [0.29, 0.717) is 6.33 Å². The Kier molecular flexibility index (Phi) is 8.35. The fraction of sp³-hybridized carbons (Fsp3) is 0.619. The summed E-state index contributed by atoms with van der Waals surface area (Å²) in [6, 6.07) is 6.96. The summed E-state index contributed by atoms with van der Waals surface area (Å²) in [4.78, 5) is 0. The Morgan fingerprint density at radius 3 is 2.17 bits per heavy atom. The lowest BCUT2D eigenvalue weighted by Crippen LogP contribution is -2.15. The van der Waals surface area contributed by atoms with Crippen molar-refractivity contribution in [1.82, 2.24) is 0 Å². The van der Waals surface area contributed by atoms with Crippen LogP contribution in [0.3, 0.4) is 0 Å². The second-order valence-electron chi connectivity index (χ2n) is 7.05. The molecule has 0 amide bonds. The monoisotopic (exact) mass is 320 g/mol. The van der Waals surface area contributed by atoms with Gasteiger partial charge < -0.3 is 0 Å². The van der Waals surface area contributed by atoms with Crippen LogP contribution in [0.2, 0.25) is 0 Å². The molecule has 1 aromatic rings. The molecule has 0 radical (unpaired) electrons. The molecule has 0 aromatic heterocycles. The Bertz CT molecular complexity index is 441. The van der Waals surface area contributed by atoms with Gasteiger partial charge >= 0.3 is 0 Å². The maximum Gasteiger partial charge on any atom is 0.123 e. The van der Waals surface area contributed by atoms with Gasteiger partial charge in [0.2, 0.25) is 0 Å². The number of rotatable bonds is 9. The van der Waals surface area contributed by atoms with E-state index in [2.05, 4.69) is 0 Å². The van der Waals surface area contributed by atoms with E-state index in [9.17, 15) is 8.78 Å². The zero-order valence-electron chi connectivity index (χ0n) is 14.2. The van der Waals surface area contributed by atoms with Gasteiger partial charge in [0.25, 0.3) is 0 Å². The highest BCUT2D eigenvalue weighted by Gasteiger charge is 2.20. The van der Waals surface area contributed by atoms with Crippen LogP contribution in [-0.2, 0) is 6.42 Å². The molecular formula is C21H30F2. The Balaban J connectivity index is 1.54.